The Kier molecular flexibility index (Phi) is 5.56. The molecule has 0 amide bonds. The van der Waals surface area contributed by atoms with Crippen LogP contribution in [0.3, 0.4) is 0 Å². The standard InChI is InChI=1S/C16H24N2O2/c1-2-18(11-14-7-4-3-5-8-14)15-9-6-10-17(12-15)13-16(19)20/h3-5,7-8,15H,2,6,9-13H2,1H3,(H,19,20)/t15-/m1/s1. The van der Waals surface area contributed by atoms with Crippen LogP contribution in [0.1, 0.15) is 25.3 Å². The van der Waals surface area contributed by atoms with Crippen molar-refractivity contribution in [2.75, 3.05) is 26.2 Å². The Hall–Kier alpha value is -1.39. The van der Waals surface area contributed by atoms with Gasteiger partial charge in [0.25, 0.3) is 0 Å². The fraction of sp³-hybridized carbons (Fsp3) is 0.562. The van der Waals surface area contributed by atoms with Crippen molar-refractivity contribution in [1.29, 1.82) is 0 Å². The molecule has 1 fully saturated rings. The summed E-state index contributed by atoms with van der Waals surface area (Å²) in [7, 11) is 0. The summed E-state index contributed by atoms with van der Waals surface area (Å²) in [5.41, 5.74) is 1.32. The summed E-state index contributed by atoms with van der Waals surface area (Å²) in [6.45, 7) is 6.07. The molecule has 1 atom stereocenters. The minimum Gasteiger partial charge on any atom is -0.480 e. The topological polar surface area (TPSA) is 43.8 Å². The van der Waals surface area contributed by atoms with Gasteiger partial charge >= 0.3 is 5.97 Å². The first-order chi connectivity index (χ1) is 9.69. The number of rotatable bonds is 6. The predicted molar refractivity (Wildman–Crippen MR) is 79.6 cm³/mol. The molecule has 1 aliphatic heterocycles. The predicted octanol–water partition coefficient (Wildman–Crippen LogP) is 2.06. The van der Waals surface area contributed by atoms with Crippen molar-refractivity contribution in [2.45, 2.75) is 32.4 Å². The third kappa shape index (κ3) is 4.32. The molecule has 0 radical (unpaired) electrons. The van der Waals surface area contributed by atoms with Crippen LogP contribution in [0.4, 0.5) is 0 Å². The van der Waals surface area contributed by atoms with E-state index in [0.29, 0.717) is 6.04 Å². The Morgan fingerprint density at radius 1 is 1.40 bits per heavy atom. The molecule has 1 saturated heterocycles. The van der Waals surface area contributed by atoms with E-state index >= 15 is 0 Å². The van der Waals surface area contributed by atoms with E-state index in [2.05, 4.69) is 41.0 Å². The van der Waals surface area contributed by atoms with E-state index in [-0.39, 0.29) is 6.54 Å². The molecule has 4 nitrogen and oxygen atoms in total. The number of nitrogens with zero attached hydrogens (tertiary/aromatic N) is 2. The fourth-order valence-corrected chi connectivity index (χ4v) is 2.98. The number of aliphatic carboxylic acids is 1. The Morgan fingerprint density at radius 3 is 2.80 bits per heavy atom. The first-order valence-electron chi connectivity index (χ1n) is 7.41. The van der Waals surface area contributed by atoms with Gasteiger partial charge in [-0.05, 0) is 31.5 Å². The molecule has 0 saturated carbocycles. The normalized spacial score (nSPS) is 20.2. The van der Waals surface area contributed by atoms with Crippen LogP contribution in [0, 0.1) is 0 Å². The highest BCUT2D eigenvalue weighted by Crippen LogP contribution is 2.18. The van der Waals surface area contributed by atoms with Gasteiger partial charge in [-0.1, -0.05) is 37.3 Å². The van der Waals surface area contributed by atoms with Crippen LogP contribution in [0.25, 0.3) is 0 Å². The summed E-state index contributed by atoms with van der Waals surface area (Å²) in [4.78, 5) is 15.4. The number of likely N-dealkylation sites (tertiary alicyclic amines) is 1. The molecule has 0 unspecified atom stereocenters. The highest BCUT2D eigenvalue weighted by molar-refractivity contribution is 5.69. The largest absolute Gasteiger partial charge is 0.480 e. The second kappa shape index (κ2) is 7.41. The van der Waals surface area contributed by atoms with E-state index in [1.807, 2.05) is 6.07 Å². The molecule has 1 N–H and O–H groups in total. The minimum absolute atomic E-state index is 0.166. The van der Waals surface area contributed by atoms with Crippen LogP contribution in [-0.2, 0) is 11.3 Å². The van der Waals surface area contributed by atoms with Crippen molar-refractivity contribution in [3.63, 3.8) is 0 Å². The SMILES string of the molecule is CCN(Cc1ccccc1)[C@@H]1CCCN(CC(=O)O)C1. The van der Waals surface area contributed by atoms with Gasteiger partial charge in [0.1, 0.15) is 0 Å². The number of hydrogen-bond acceptors (Lipinski definition) is 3. The van der Waals surface area contributed by atoms with Gasteiger partial charge < -0.3 is 5.11 Å². The van der Waals surface area contributed by atoms with Gasteiger partial charge in [0, 0.05) is 19.1 Å². The van der Waals surface area contributed by atoms with Crippen molar-refractivity contribution < 1.29 is 9.90 Å². The lowest BCUT2D eigenvalue weighted by Gasteiger charge is -2.38. The molecule has 0 aliphatic carbocycles. The van der Waals surface area contributed by atoms with Crippen molar-refractivity contribution >= 4 is 5.97 Å². The maximum absolute atomic E-state index is 10.8. The van der Waals surface area contributed by atoms with E-state index in [1.165, 1.54) is 5.56 Å². The zero-order valence-corrected chi connectivity index (χ0v) is 12.2. The summed E-state index contributed by atoms with van der Waals surface area (Å²) in [6, 6.07) is 10.9. The smallest absolute Gasteiger partial charge is 0.317 e. The van der Waals surface area contributed by atoms with E-state index in [0.717, 1.165) is 39.0 Å². The summed E-state index contributed by atoms with van der Waals surface area (Å²) >= 11 is 0. The van der Waals surface area contributed by atoms with Gasteiger partial charge in [-0.25, -0.2) is 0 Å². The number of piperidine rings is 1. The lowest BCUT2D eigenvalue weighted by Crippen LogP contribution is -2.48. The highest BCUT2D eigenvalue weighted by atomic mass is 16.4. The summed E-state index contributed by atoms with van der Waals surface area (Å²) in [5, 5.41) is 8.93. The summed E-state index contributed by atoms with van der Waals surface area (Å²) in [6.07, 6.45) is 2.25. The minimum atomic E-state index is -0.725. The Bertz CT molecular complexity index is 422. The first kappa shape index (κ1) is 15.0. The second-order valence-electron chi connectivity index (χ2n) is 5.47. The lowest BCUT2D eigenvalue weighted by atomic mass is 10.0. The molecule has 20 heavy (non-hydrogen) atoms. The highest BCUT2D eigenvalue weighted by Gasteiger charge is 2.25. The van der Waals surface area contributed by atoms with Crippen molar-refractivity contribution in [3.05, 3.63) is 35.9 Å². The van der Waals surface area contributed by atoms with Crippen LogP contribution in [0.15, 0.2) is 30.3 Å². The zero-order chi connectivity index (χ0) is 14.4. The molecule has 1 aromatic carbocycles. The number of carboxylic acids is 1. The molecule has 0 bridgehead atoms. The molecule has 110 valence electrons. The van der Waals surface area contributed by atoms with Crippen LogP contribution < -0.4 is 0 Å². The number of carbonyl (C=O) groups is 1. The third-order valence-electron chi connectivity index (χ3n) is 3.99. The maximum atomic E-state index is 10.8. The summed E-state index contributed by atoms with van der Waals surface area (Å²) in [5.74, 6) is -0.725. The molecule has 1 aliphatic rings. The van der Waals surface area contributed by atoms with E-state index in [4.69, 9.17) is 5.11 Å². The van der Waals surface area contributed by atoms with Gasteiger partial charge in [-0.15, -0.1) is 0 Å². The fourth-order valence-electron chi connectivity index (χ4n) is 2.98. The van der Waals surface area contributed by atoms with Crippen LogP contribution in [-0.4, -0.2) is 53.1 Å². The molecular weight excluding hydrogens is 252 g/mol. The van der Waals surface area contributed by atoms with E-state index in [9.17, 15) is 4.79 Å². The van der Waals surface area contributed by atoms with Crippen LogP contribution in [0.2, 0.25) is 0 Å². The number of benzene rings is 1. The molecule has 2 rings (SSSR count). The average molecular weight is 276 g/mol. The van der Waals surface area contributed by atoms with Gasteiger partial charge in [-0.2, -0.15) is 0 Å². The van der Waals surface area contributed by atoms with Gasteiger partial charge in [0.2, 0.25) is 0 Å². The van der Waals surface area contributed by atoms with Crippen LogP contribution in [0.5, 0.6) is 0 Å². The number of carboxylic acid groups (broad SMARTS) is 1. The zero-order valence-electron chi connectivity index (χ0n) is 12.2. The average Bonchev–Trinajstić information content (AvgIpc) is 2.45. The van der Waals surface area contributed by atoms with E-state index < -0.39 is 5.97 Å². The third-order valence-corrected chi connectivity index (χ3v) is 3.99. The molecular formula is C16H24N2O2. The quantitative estimate of drug-likeness (QED) is 0.863. The molecule has 4 heteroatoms. The monoisotopic (exact) mass is 276 g/mol. The van der Waals surface area contributed by atoms with Crippen molar-refractivity contribution in [2.24, 2.45) is 0 Å². The second-order valence-corrected chi connectivity index (χ2v) is 5.47. The maximum Gasteiger partial charge on any atom is 0.317 e. The Morgan fingerprint density at radius 2 is 2.15 bits per heavy atom. The van der Waals surface area contributed by atoms with Gasteiger partial charge in [0.15, 0.2) is 0 Å². The number of likely N-dealkylation sites (N-methyl/N-ethyl adjacent to an activating group) is 1. The van der Waals surface area contributed by atoms with Gasteiger partial charge in [0.05, 0.1) is 6.54 Å². The number of hydrogen-bond donors (Lipinski definition) is 1. The summed E-state index contributed by atoms with van der Waals surface area (Å²) < 4.78 is 0. The molecule has 1 aromatic rings. The molecule has 0 aromatic heterocycles. The van der Waals surface area contributed by atoms with E-state index in [1.54, 1.807) is 0 Å². The van der Waals surface area contributed by atoms with Crippen molar-refractivity contribution in [3.8, 4) is 0 Å². The molecule has 1 heterocycles. The molecule has 0 spiro atoms. The lowest BCUT2D eigenvalue weighted by molar-refractivity contribution is -0.138. The first-order valence-corrected chi connectivity index (χ1v) is 7.41. The Balaban J connectivity index is 1.94. The van der Waals surface area contributed by atoms with Crippen molar-refractivity contribution in [1.82, 2.24) is 9.80 Å². The van der Waals surface area contributed by atoms with Crippen LogP contribution >= 0.6 is 0 Å². The van der Waals surface area contributed by atoms with Gasteiger partial charge in [-0.3, -0.25) is 14.6 Å². The Labute approximate surface area is 121 Å².